The number of benzene rings is 1. The average Bonchev–Trinajstić information content (AvgIpc) is 3.36. The Bertz CT molecular complexity index is 1070. The summed E-state index contributed by atoms with van der Waals surface area (Å²) in [7, 11) is 0. The number of pyridine rings is 1. The molecule has 1 atom stereocenters. The van der Waals surface area contributed by atoms with Gasteiger partial charge in [-0.3, -0.25) is 9.88 Å². The summed E-state index contributed by atoms with van der Waals surface area (Å²) in [5.41, 5.74) is 1.72. The molecule has 1 aliphatic heterocycles. The van der Waals surface area contributed by atoms with Gasteiger partial charge in [0.05, 0.1) is 0 Å². The van der Waals surface area contributed by atoms with Crippen molar-refractivity contribution in [2.24, 2.45) is 0 Å². The first-order valence-corrected chi connectivity index (χ1v) is 8.67. The Balaban J connectivity index is 1.51. The second kappa shape index (κ2) is 7.48. The first kappa shape index (κ1) is 17.7. The number of likely N-dealkylation sites (tertiary alicyclic amines) is 1. The number of carbonyl (C=O) groups is 1. The lowest BCUT2D eigenvalue weighted by Gasteiger charge is -2.17. The van der Waals surface area contributed by atoms with E-state index < -0.39 is 12.1 Å². The number of rotatable bonds is 2. The minimum Gasteiger partial charge on any atom is -0.465 e. The van der Waals surface area contributed by atoms with Crippen LogP contribution in [0.4, 0.5) is 9.18 Å². The van der Waals surface area contributed by atoms with Crippen molar-refractivity contribution in [3.63, 3.8) is 0 Å². The zero-order chi connectivity index (χ0) is 19.5. The lowest BCUT2D eigenvalue weighted by atomic mass is 10.2. The van der Waals surface area contributed by atoms with Crippen LogP contribution in [0.15, 0.2) is 47.1 Å². The molecule has 1 aliphatic rings. The zero-order valence-electron chi connectivity index (χ0n) is 14.7. The van der Waals surface area contributed by atoms with Crippen LogP contribution in [0.25, 0.3) is 11.5 Å². The first-order chi connectivity index (χ1) is 13.6. The van der Waals surface area contributed by atoms with Gasteiger partial charge in [0.2, 0.25) is 11.7 Å². The highest BCUT2D eigenvalue weighted by molar-refractivity contribution is 5.66. The molecule has 3 aromatic rings. The minimum atomic E-state index is -0.999. The molecule has 3 heterocycles. The Morgan fingerprint density at radius 1 is 1.25 bits per heavy atom. The lowest BCUT2D eigenvalue weighted by molar-refractivity contribution is 0.131. The first-order valence-electron chi connectivity index (χ1n) is 8.67. The Labute approximate surface area is 159 Å². The molecule has 2 aromatic heterocycles. The summed E-state index contributed by atoms with van der Waals surface area (Å²) in [6.07, 6.45) is 1.97. The molecule has 1 aromatic carbocycles. The normalized spacial score (nSPS) is 15.9. The predicted octanol–water partition coefficient (Wildman–Crippen LogP) is 3.49. The smallest absolute Gasteiger partial charge is 0.407 e. The van der Waals surface area contributed by atoms with Gasteiger partial charge in [0.25, 0.3) is 0 Å². The van der Waals surface area contributed by atoms with Gasteiger partial charge in [-0.05, 0) is 43.2 Å². The fourth-order valence-electron chi connectivity index (χ4n) is 3.04. The van der Waals surface area contributed by atoms with Crippen molar-refractivity contribution >= 4 is 6.09 Å². The van der Waals surface area contributed by atoms with E-state index in [4.69, 9.17) is 4.52 Å². The van der Waals surface area contributed by atoms with Crippen molar-refractivity contribution in [3.05, 3.63) is 65.4 Å². The molecule has 4 rings (SSSR count). The van der Waals surface area contributed by atoms with Crippen LogP contribution in [-0.4, -0.2) is 37.8 Å². The van der Waals surface area contributed by atoms with E-state index in [0.29, 0.717) is 29.8 Å². The van der Waals surface area contributed by atoms with Gasteiger partial charge in [0.1, 0.15) is 17.6 Å². The number of amides is 1. The number of carboxylic acid groups (broad SMARTS) is 1. The van der Waals surface area contributed by atoms with Gasteiger partial charge < -0.3 is 9.63 Å². The molecule has 1 N–H and O–H groups in total. The summed E-state index contributed by atoms with van der Waals surface area (Å²) in [5, 5.41) is 13.1. The van der Waals surface area contributed by atoms with Gasteiger partial charge in [-0.1, -0.05) is 23.1 Å². The van der Waals surface area contributed by atoms with Gasteiger partial charge in [-0.15, -0.1) is 0 Å². The van der Waals surface area contributed by atoms with E-state index in [1.54, 1.807) is 30.5 Å². The summed E-state index contributed by atoms with van der Waals surface area (Å²) in [4.78, 5) is 21.2. The largest absolute Gasteiger partial charge is 0.465 e. The van der Waals surface area contributed by atoms with Crippen molar-refractivity contribution in [2.75, 3.05) is 6.54 Å². The van der Waals surface area contributed by atoms with E-state index in [1.807, 2.05) is 0 Å². The number of hydrogen-bond acceptors (Lipinski definition) is 5. The van der Waals surface area contributed by atoms with E-state index in [0.717, 1.165) is 6.42 Å². The Hall–Kier alpha value is -3.73. The molecule has 7 nitrogen and oxygen atoms in total. The van der Waals surface area contributed by atoms with Crippen molar-refractivity contribution in [3.8, 4) is 23.4 Å². The molecule has 0 spiro atoms. The third kappa shape index (κ3) is 3.69. The van der Waals surface area contributed by atoms with Crippen LogP contribution >= 0.6 is 0 Å². The zero-order valence-corrected chi connectivity index (χ0v) is 14.7. The minimum absolute atomic E-state index is 0.270. The van der Waals surface area contributed by atoms with E-state index >= 15 is 0 Å². The molecule has 0 saturated carbocycles. The van der Waals surface area contributed by atoms with E-state index in [9.17, 15) is 14.3 Å². The van der Waals surface area contributed by atoms with Gasteiger partial charge in [0.15, 0.2) is 0 Å². The molecule has 1 saturated heterocycles. The Kier molecular flexibility index (Phi) is 4.72. The van der Waals surface area contributed by atoms with Crippen LogP contribution in [0.1, 0.15) is 35.9 Å². The van der Waals surface area contributed by atoms with Crippen molar-refractivity contribution < 1.29 is 18.8 Å². The van der Waals surface area contributed by atoms with Gasteiger partial charge in [0, 0.05) is 23.9 Å². The maximum Gasteiger partial charge on any atom is 0.407 e. The van der Waals surface area contributed by atoms with E-state index in [2.05, 4.69) is 27.0 Å². The molecular formula is C20H15FN4O3. The monoisotopic (exact) mass is 378 g/mol. The summed E-state index contributed by atoms with van der Waals surface area (Å²) < 4.78 is 18.4. The van der Waals surface area contributed by atoms with Crippen molar-refractivity contribution in [1.29, 1.82) is 0 Å². The summed E-state index contributed by atoms with van der Waals surface area (Å²) >= 11 is 0. The maximum absolute atomic E-state index is 13.2. The third-order valence-corrected chi connectivity index (χ3v) is 4.39. The number of nitrogens with zero attached hydrogens (tertiary/aromatic N) is 4. The fourth-order valence-corrected chi connectivity index (χ4v) is 3.04. The van der Waals surface area contributed by atoms with Crippen LogP contribution in [0.3, 0.4) is 0 Å². The Morgan fingerprint density at radius 3 is 2.86 bits per heavy atom. The molecule has 0 aliphatic carbocycles. The Morgan fingerprint density at radius 2 is 2.11 bits per heavy atom. The summed E-state index contributed by atoms with van der Waals surface area (Å²) in [6.45, 7) is 0.453. The second-order valence-corrected chi connectivity index (χ2v) is 6.28. The lowest BCUT2D eigenvalue weighted by Crippen LogP contribution is -2.28. The van der Waals surface area contributed by atoms with Crippen LogP contribution < -0.4 is 0 Å². The maximum atomic E-state index is 13.2. The standard InChI is InChI=1S/C20H15FN4O3/c21-15-4-1-3-13(11-15)6-7-14-8-9-16(22-12-14)18-23-19(28-24-18)17-5-2-10-25(17)20(26)27/h1,3-4,8-9,11-12,17H,2,5,10H2,(H,26,27). The highest BCUT2D eigenvalue weighted by atomic mass is 19.1. The van der Waals surface area contributed by atoms with Crippen LogP contribution in [-0.2, 0) is 0 Å². The average molecular weight is 378 g/mol. The van der Waals surface area contributed by atoms with E-state index in [1.165, 1.54) is 17.0 Å². The molecule has 0 radical (unpaired) electrons. The predicted molar refractivity (Wildman–Crippen MR) is 96.6 cm³/mol. The SMILES string of the molecule is O=C(O)N1CCCC1c1nc(-c2ccc(C#Cc3cccc(F)c3)cn2)no1. The quantitative estimate of drug-likeness (QED) is 0.687. The number of hydrogen-bond donors (Lipinski definition) is 1. The molecular weight excluding hydrogens is 363 g/mol. The fraction of sp³-hybridized carbons (Fsp3) is 0.200. The van der Waals surface area contributed by atoms with Gasteiger partial charge in [-0.2, -0.15) is 4.98 Å². The topological polar surface area (TPSA) is 92.3 Å². The molecule has 8 heteroatoms. The molecule has 1 fully saturated rings. The molecule has 140 valence electrons. The van der Waals surface area contributed by atoms with Crippen molar-refractivity contribution in [1.82, 2.24) is 20.0 Å². The second-order valence-electron chi connectivity index (χ2n) is 6.28. The molecule has 0 bridgehead atoms. The van der Waals surface area contributed by atoms with Crippen LogP contribution in [0.2, 0.25) is 0 Å². The van der Waals surface area contributed by atoms with Crippen LogP contribution in [0.5, 0.6) is 0 Å². The van der Waals surface area contributed by atoms with Crippen molar-refractivity contribution in [2.45, 2.75) is 18.9 Å². The van der Waals surface area contributed by atoms with Crippen LogP contribution in [0, 0.1) is 17.7 Å². The summed E-state index contributed by atoms with van der Waals surface area (Å²) in [5.74, 6) is 6.02. The number of aromatic nitrogens is 3. The molecule has 1 amide bonds. The number of halogens is 1. The summed E-state index contributed by atoms with van der Waals surface area (Å²) in [6, 6.07) is 9.08. The molecule has 1 unspecified atom stereocenters. The highest BCUT2D eigenvalue weighted by Crippen LogP contribution is 2.31. The van der Waals surface area contributed by atoms with Gasteiger partial charge >= 0.3 is 6.09 Å². The third-order valence-electron chi connectivity index (χ3n) is 4.39. The van der Waals surface area contributed by atoms with E-state index in [-0.39, 0.29) is 17.5 Å². The molecule has 28 heavy (non-hydrogen) atoms. The highest BCUT2D eigenvalue weighted by Gasteiger charge is 2.34. The van der Waals surface area contributed by atoms with Gasteiger partial charge in [-0.25, -0.2) is 9.18 Å².